The van der Waals surface area contributed by atoms with E-state index in [1.165, 1.54) is 6.42 Å². The van der Waals surface area contributed by atoms with Gasteiger partial charge in [0, 0.05) is 1.43 Å². The normalized spacial score (nSPS) is 13.8. The standard InChI is InChI=1S/3C4H9.Al.H2/c2*1-4(2)3;1-3-4-2;;/h2*4H,1H2,2-3H3;3H,4H2,1-2H3;;1H. The van der Waals surface area contributed by atoms with E-state index in [4.69, 9.17) is 0 Å². The fourth-order valence-electron chi connectivity index (χ4n) is 2.11. The van der Waals surface area contributed by atoms with Crippen LogP contribution in [0.25, 0.3) is 0 Å². The summed E-state index contributed by atoms with van der Waals surface area (Å²) in [5.74, 6) is 1.84. The van der Waals surface area contributed by atoms with Gasteiger partial charge in [0.1, 0.15) is 0 Å². The Morgan fingerprint density at radius 1 is 0.923 bits per heavy atom. The van der Waals surface area contributed by atoms with Crippen LogP contribution in [0.5, 0.6) is 0 Å². The molecule has 80 valence electrons. The molecule has 0 radical (unpaired) electrons. The minimum absolute atomic E-state index is 0. The van der Waals surface area contributed by atoms with Crippen molar-refractivity contribution in [2.45, 2.75) is 63.3 Å². The molecule has 13 heavy (non-hydrogen) atoms. The molecule has 0 spiro atoms. The highest BCUT2D eigenvalue weighted by molar-refractivity contribution is 6.60. The monoisotopic (exact) mass is 200 g/mol. The molecule has 0 aromatic carbocycles. The molecule has 0 aliphatic rings. The molecule has 0 amide bonds. The maximum absolute atomic E-state index is 2.47. The summed E-state index contributed by atoms with van der Waals surface area (Å²) in [5, 5.41) is 3.10. The Morgan fingerprint density at radius 2 is 1.31 bits per heavy atom. The molecule has 0 aliphatic carbocycles. The highest BCUT2D eigenvalue weighted by atomic mass is 27.2. The molecule has 0 heterocycles. The zero-order valence-corrected chi connectivity index (χ0v) is 11.6. The minimum Gasteiger partial charge on any atom is -0.0914 e. The van der Waals surface area contributed by atoms with Gasteiger partial charge >= 0.3 is 0 Å². The molecule has 0 N–H and O–H groups in total. The second-order valence-corrected chi connectivity index (χ2v) is 9.01. The molecule has 1 heteroatoms. The quantitative estimate of drug-likeness (QED) is 0.538. The molecule has 0 aromatic heterocycles. The average Bonchev–Trinajstić information content (AvgIpc) is 2.00. The van der Waals surface area contributed by atoms with Crippen molar-refractivity contribution in [2.24, 2.45) is 11.8 Å². The molecule has 0 nitrogen and oxygen atoms in total. The predicted molar refractivity (Wildman–Crippen MR) is 66.9 cm³/mol. The van der Waals surface area contributed by atoms with E-state index in [0.29, 0.717) is 0 Å². The van der Waals surface area contributed by atoms with Gasteiger partial charge in [-0.25, -0.2) is 0 Å². The number of hydrogen-bond donors (Lipinski definition) is 0. The fourth-order valence-corrected chi connectivity index (χ4v) is 6.32. The van der Waals surface area contributed by atoms with Crippen LogP contribution in [0.4, 0.5) is 0 Å². The largest absolute Gasteiger partial charge is 0.265 e. The highest BCUT2D eigenvalue weighted by Gasteiger charge is 2.24. The first kappa shape index (κ1) is 13.5. The zero-order chi connectivity index (χ0) is 10.4. The van der Waals surface area contributed by atoms with Crippen molar-refractivity contribution in [3.05, 3.63) is 0 Å². The summed E-state index contributed by atoms with van der Waals surface area (Å²) < 4.78 is 1.05. The molecule has 1 atom stereocenters. The van der Waals surface area contributed by atoms with E-state index < -0.39 is 14.1 Å². The first-order chi connectivity index (χ1) is 5.97. The van der Waals surface area contributed by atoms with E-state index in [0.717, 1.165) is 16.6 Å². The molecule has 0 rings (SSSR count). The lowest BCUT2D eigenvalue weighted by Gasteiger charge is -2.21. The van der Waals surface area contributed by atoms with Crippen molar-refractivity contribution in [2.75, 3.05) is 0 Å². The summed E-state index contributed by atoms with van der Waals surface area (Å²) in [6.45, 7) is 14.3. The van der Waals surface area contributed by atoms with Crippen molar-refractivity contribution in [3.8, 4) is 0 Å². The summed E-state index contributed by atoms with van der Waals surface area (Å²) in [4.78, 5) is 0. The molecule has 0 saturated carbocycles. The van der Waals surface area contributed by atoms with Crippen LogP contribution in [0.3, 0.4) is 0 Å². The van der Waals surface area contributed by atoms with E-state index in [-0.39, 0.29) is 1.43 Å². The molecular formula is C12H29Al. The Hall–Kier alpha value is 0.532. The molecule has 1 unspecified atom stereocenters. The van der Waals surface area contributed by atoms with Crippen LogP contribution in [0.2, 0.25) is 15.3 Å². The first-order valence-electron chi connectivity index (χ1n) is 5.97. The van der Waals surface area contributed by atoms with Crippen molar-refractivity contribution < 1.29 is 1.43 Å². The van der Waals surface area contributed by atoms with Crippen LogP contribution < -0.4 is 0 Å². The van der Waals surface area contributed by atoms with Crippen LogP contribution in [0, 0.1) is 11.8 Å². The second kappa shape index (κ2) is 6.91. The van der Waals surface area contributed by atoms with Gasteiger partial charge in [-0.05, 0) is 0 Å². The number of rotatable bonds is 6. The van der Waals surface area contributed by atoms with Crippen LogP contribution in [-0.2, 0) is 0 Å². The van der Waals surface area contributed by atoms with Gasteiger partial charge in [-0.3, -0.25) is 0 Å². The van der Waals surface area contributed by atoms with Crippen molar-refractivity contribution >= 4 is 14.1 Å². The van der Waals surface area contributed by atoms with E-state index in [1.807, 2.05) is 0 Å². The van der Waals surface area contributed by atoms with Gasteiger partial charge < -0.3 is 0 Å². The van der Waals surface area contributed by atoms with Gasteiger partial charge in [-0.15, -0.1) is 0 Å². The highest BCUT2D eigenvalue weighted by Crippen LogP contribution is 2.26. The Balaban J connectivity index is 0. The van der Waals surface area contributed by atoms with E-state index in [2.05, 4.69) is 41.5 Å². The van der Waals surface area contributed by atoms with Crippen molar-refractivity contribution in [1.82, 2.24) is 0 Å². The van der Waals surface area contributed by atoms with Gasteiger partial charge in [0.05, 0.1) is 0 Å². The summed E-state index contributed by atoms with van der Waals surface area (Å²) in [6.07, 6.45) is 1.40. The molecule has 0 fully saturated rings. The Labute approximate surface area is 91.0 Å². The maximum Gasteiger partial charge on any atom is 0.265 e. The molecule has 0 aromatic rings. The Kier molecular flexibility index (Phi) is 7.19. The zero-order valence-electron chi connectivity index (χ0n) is 10.4. The summed E-state index contributed by atoms with van der Waals surface area (Å²) in [6, 6.07) is 0. The predicted octanol–water partition coefficient (Wildman–Crippen LogP) is 4.84. The third-order valence-corrected chi connectivity index (χ3v) is 8.17. The van der Waals surface area contributed by atoms with Crippen LogP contribution >= 0.6 is 0 Å². The van der Waals surface area contributed by atoms with Gasteiger partial charge in [-0.2, -0.15) is 0 Å². The third kappa shape index (κ3) is 6.58. The number of hydrogen-bond acceptors (Lipinski definition) is 0. The van der Waals surface area contributed by atoms with Crippen molar-refractivity contribution in [1.29, 1.82) is 0 Å². The van der Waals surface area contributed by atoms with Gasteiger partial charge in [0.2, 0.25) is 0 Å². The van der Waals surface area contributed by atoms with E-state index in [1.54, 1.807) is 10.6 Å². The van der Waals surface area contributed by atoms with Crippen LogP contribution in [0.15, 0.2) is 0 Å². The smallest absolute Gasteiger partial charge is 0.0914 e. The lowest BCUT2D eigenvalue weighted by atomic mass is 10.3. The van der Waals surface area contributed by atoms with Crippen molar-refractivity contribution in [3.63, 3.8) is 0 Å². The van der Waals surface area contributed by atoms with E-state index >= 15 is 0 Å². The summed E-state index contributed by atoms with van der Waals surface area (Å²) in [5.41, 5.74) is 0. The van der Waals surface area contributed by atoms with E-state index in [9.17, 15) is 0 Å². The van der Waals surface area contributed by atoms with Gasteiger partial charge in [0.25, 0.3) is 14.1 Å². The molecular weight excluding hydrogens is 171 g/mol. The lowest BCUT2D eigenvalue weighted by molar-refractivity contribution is 0.669. The van der Waals surface area contributed by atoms with Gasteiger partial charge in [0.15, 0.2) is 0 Å². The molecule has 0 aliphatic heterocycles. The Bertz CT molecular complexity index is 113. The third-order valence-electron chi connectivity index (χ3n) is 3.00. The topological polar surface area (TPSA) is 0 Å². The molecule has 0 bridgehead atoms. The minimum atomic E-state index is -0.444. The van der Waals surface area contributed by atoms with Gasteiger partial charge in [-0.1, -0.05) is 75.1 Å². The summed E-state index contributed by atoms with van der Waals surface area (Å²) >= 11 is -0.444. The molecule has 0 saturated heterocycles. The fraction of sp³-hybridized carbons (Fsp3) is 1.00. The Morgan fingerprint density at radius 3 is 1.54 bits per heavy atom. The van der Waals surface area contributed by atoms with Crippen LogP contribution in [0.1, 0.15) is 49.4 Å². The maximum atomic E-state index is 2.47. The summed E-state index contributed by atoms with van der Waals surface area (Å²) in [7, 11) is 0. The second-order valence-electron chi connectivity index (χ2n) is 5.40. The van der Waals surface area contributed by atoms with Crippen LogP contribution in [-0.4, -0.2) is 14.1 Å². The SMILES string of the molecule is CC[CH](C)[Al]([CH2]C(C)C)[CH2]C(C)C.[HH]. The first-order valence-corrected chi connectivity index (χ1v) is 8.27. The lowest BCUT2D eigenvalue weighted by Crippen LogP contribution is -2.22. The average molecular weight is 200 g/mol.